The van der Waals surface area contributed by atoms with Crippen molar-refractivity contribution in [2.75, 3.05) is 13.1 Å². The first-order valence-electron chi connectivity index (χ1n) is 8.33. The lowest BCUT2D eigenvalue weighted by Gasteiger charge is -2.30. The smallest absolute Gasteiger partial charge is 0.107 e. The Morgan fingerprint density at radius 1 is 1.30 bits per heavy atom. The predicted octanol–water partition coefficient (Wildman–Crippen LogP) is 5.14. The first kappa shape index (κ1) is 17.4. The maximum atomic E-state index is 14.3. The van der Waals surface area contributed by atoms with Crippen LogP contribution in [0.1, 0.15) is 58.8 Å². The molecule has 1 rings (SSSR count). The van der Waals surface area contributed by atoms with Gasteiger partial charge in [-0.2, -0.15) is 0 Å². The Balaban J connectivity index is 2.54. The number of halogens is 1. The summed E-state index contributed by atoms with van der Waals surface area (Å²) in [6.07, 6.45) is 8.69. The van der Waals surface area contributed by atoms with E-state index in [0.29, 0.717) is 6.42 Å². The van der Waals surface area contributed by atoms with Crippen LogP contribution in [-0.2, 0) is 0 Å². The van der Waals surface area contributed by atoms with Gasteiger partial charge in [0.25, 0.3) is 0 Å². The van der Waals surface area contributed by atoms with E-state index >= 15 is 0 Å². The number of hydrogen-bond acceptors (Lipinski definition) is 1. The van der Waals surface area contributed by atoms with Gasteiger partial charge in [0.15, 0.2) is 0 Å². The highest BCUT2D eigenvalue weighted by atomic mass is 19.1. The van der Waals surface area contributed by atoms with Gasteiger partial charge in [-0.15, -0.1) is 0 Å². The van der Waals surface area contributed by atoms with Crippen molar-refractivity contribution in [1.82, 2.24) is 4.90 Å². The van der Waals surface area contributed by atoms with Crippen molar-refractivity contribution < 1.29 is 4.39 Å². The fourth-order valence-electron chi connectivity index (χ4n) is 3.40. The molecular formula is C18H32FN. The van der Waals surface area contributed by atoms with E-state index in [1.165, 1.54) is 25.7 Å². The molecule has 0 amide bonds. The van der Waals surface area contributed by atoms with Crippen molar-refractivity contribution in [2.45, 2.75) is 71.0 Å². The van der Waals surface area contributed by atoms with Crippen LogP contribution in [0.2, 0.25) is 0 Å². The van der Waals surface area contributed by atoms with E-state index < -0.39 is 6.17 Å². The lowest BCUT2D eigenvalue weighted by Crippen LogP contribution is -2.35. The third-order valence-electron chi connectivity index (χ3n) is 4.71. The summed E-state index contributed by atoms with van der Waals surface area (Å²) >= 11 is 0. The first-order valence-corrected chi connectivity index (χ1v) is 8.33. The van der Waals surface area contributed by atoms with Crippen LogP contribution in [0, 0.1) is 5.92 Å². The van der Waals surface area contributed by atoms with Crippen molar-refractivity contribution in [3.63, 3.8) is 0 Å². The molecule has 0 heterocycles. The molecule has 0 N–H and O–H groups in total. The summed E-state index contributed by atoms with van der Waals surface area (Å²) in [5.74, 6) is -0.0529. The zero-order valence-electron chi connectivity index (χ0n) is 13.4. The van der Waals surface area contributed by atoms with Crippen LogP contribution >= 0.6 is 0 Å². The third kappa shape index (κ3) is 5.05. The molecule has 0 spiro atoms. The highest BCUT2D eigenvalue weighted by Crippen LogP contribution is 2.28. The van der Waals surface area contributed by atoms with Gasteiger partial charge in [0.2, 0.25) is 0 Å². The molecule has 1 nitrogen and oxygen atoms in total. The van der Waals surface area contributed by atoms with Gasteiger partial charge in [0.1, 0.15) is 6.17 Å². The molecule has 0 bridgehead atoms. The molecule has 1 saturated carbocycles. The summed E-state index contributed by atoms with van der Waals surface area (Å²) in [5, 5.41) is 0. The fourth-order valence-corrected chi connectivity index (χ4v) is 3.40. The molecule has 0 saturated heterocycles. The topological polar surface area (TPSA) is 3.24 Å². The Bertz CT molecular complexity index is 294. The number of alkyl halides is 1. The van der Waals surface area contributed by atoms with Gasteiger partial charge in [-0.25, -0.2) is 4.39 Å². The largest absolute Gasteiger partial charge is 0.301 e. The van der Waals surface area contributed by atoms with E-state index in [0.717, 1.165) is 37.5 Å². The first-order chi connectivity index (χ1) is 9.63. The van der Waals surface area contributed by atoms with E-state index in [1.807, 2.05) is 6.92 Å². The van der Waals surface area contributed by atoms with Gasteiger partial charge >= 0.3 is 0 Å². The zero-order chi connectivity index (χ0) is 15.0. The Morgan fingerprint density at radius 3 is 2.45 bits per heavy atom. The minimum absolute atomic E-state index is 0.0529. The van der Waals surface area contributed by atoms with Crippen molar-refractivity contribution in [2.24, 2.45) is 5.92 Å². The molecule has 116 valence electrons. The summed E-state index contributed by atoms with van der Waals surface area (Å²) in [6, 6.07) is 0.724. The van der Waals surface area contributed by atoms with Crippen LogP contribution in [-0.4, -0.2) is 30.2 Å². The second-order valence-electron chi connectivity index (χ2n) is 6.05. The molecular weight excluding hydrogens is 249 g/mol. The summed E-state index contributed by atoms with van der Waals surface area (Å²) in [6.45, 7) is 14.1. The molecule has 0 aliphatic heterocycles. The highest BCUT2D eigenvalue weighted by Gasteiger charge is 2.25. The van der Waals surface area contributed by atoms with Crippen LogP contribution in [0.5, 0.6) is 0 Å². The highest BCUT2D eigenvalue weighted by molar-refractivity contribution is 5.16. The van der Waals surface area contributed by atoms with E-state index in [9.17, 15) is 4.39 Å². The quantitative estimate of drug-likeness (QED) is 0.501. The van der Waals surface area contributed by atoms with Crippen molar-refractivity contribution in [1.29, 1.82) is 0 Å². The predicted molar refractivity (Wildman–Crippen MR) is 86.8 cm³/mol. The maximum Gasteiger partial charge on any atom is 0.107 e. The number of hydrogen-bond donors (Lipinski definition) is 0. The summed E-state index contributed by atoms with van der Waals surface area (Å²) in [7, 11) is 0. The molecule has 0 aromatic heterocycles. The lowest BCUT2D eigenvalue weighted by atomic mass is 9.89. The van der Waals surface area contributed by atoms with Crippen molar-refractivity contribution in [3.8, 4) is 0 Å². The van der Waals surface area contributed by atoms with Crippen LogP contribution < -0.4 is 0 Å². The third-order valence-corrected chi connectivity index (χ3v) is 4.71. The average molecular weight is 281 g/mol. The van der Waals surface area contributed by atoms with Crippen molar-refractivity contribution in [3.05, 3.63) is 24.8 Å². The van der Waals surface area contributed by atoms with E-state index in [1.54, 1.807) is 6.08 Å². The minimum Gasteiger partial charge on any atom is -0.301 e. The molecule has 0 radical (unpaired) electrons. The van der Waals surface area contributed by atoms with Gasteiger partial charge in [-0.1, -0.05) is 52.3 Å². The maximum absolute atomic E-state index is 14.3. The summed E-state index contributed by atoms with van der Waals surface area (Å²) < 4.78 is 14.3. The summed E-state index contributed by atoms with van der Waals surface area (Å²) in [4.78, 5) is 2.54. The van der Waals surface area contributed by atoms with E-state index in [-0.39, 0.29) is 5.92 Å². The van der Waals surface area contributed by atoms with Gasteiger partial charge in [0.05, 0.1) is 0 Å². The number of nitrogens with zero attached hydrogens (tertiary/aromatic N) is 1. The van der Waals surface area contributed by atoms with Crippen LogP contribution in [0.4, 0.5) is 4.39 Å². The lowest BCUT2D eigenvalue weighted by molar-refractivity contribution is 0.169. The second-order valence-corrected chi connectivity index (χ2v) is 6.05. The van der Waals surface area contributed by atoms with Gasteiger partial charge in [-0.05, 0) is 44.3 Å². The SMILES string of the molecule is C=CC(=C)C(CCN(CC)C1CCCC1)C(F)CCC. The Hall–Kier alpha value is -0.630. The van der Waals surface area contributed by atoms with Crippen LogP contribution in [0.25, 0.3) is 0 Å². The zero-order valence-corrected chi connectivity index (χ0v) is 13.4. The number of rotatable bonds is 10. The van der Waals surface area contributed by atoms with Gasteiger partial charge < -0.3 is 4.90 Å². The van der Waals surface area contributed by atoms with Gasteiger partial charge in [-0.3, -0.25) is 0 Å². The molecule has 20 heavy (non-hydrogen) atoms. The molecule has 1 aliphatic rings. The Morgan fingerprint density at radius 2 is 1.95 bits per heavy atom. The molecule has 2 unspecified atom stereocenters. The number of allylic oxidation sites excluding steroid dienone is 2. The van der Waals surface area contributed by atoms with E-state index in [4.69, 9.17) is 0 Å². The standard InChI is InChI=1S/C18H32FN/c1-5-10-18(19)17(15(4)6-2)13-14-20(7-3)16-11-8-9-12-16/h6,16-18H,2,4-5,7-14H2,1,3H3. The van der Waals surface area contributed by atoms with E-state index in [2.05, 4.69) is 25.0 Å². The molecule has 1 fully saturated rings. The van der Waals surface area contributed by atoms with Crippen LogP contribution in [0.15, 0.2) is 24.8 Å². The minimum atomic E-state index is -0.771. The summed E-state index contributed by atoms with van der Waals surface area (Å²) in [5.41, 5.74) is 0.869. The Kier molecular flexibility index (Phi) is 8.13. The fraction of sp³-hybridized carbons (Fsp3) is 0.778. The Labute approximate surface area is 124 Å². The van der Waals surface area contributed by atoms with Crippen LogP contribution in [0.3, 0.4) is 0 Å². The average Bonchev–Trinajstić information content (AvgIpc) is 2.97. The molecule has 2 atom stereocenters. The van der Waals surface area contributed by atoms with Gasteiger partial charge in [0, 0.05) is 12.0 Å². The molecule has 2 heteroatoms. The second kappa shape index (κ2) is 9.33. The molecule has 0 aromatic rings. The monoisotopic (exact) mass is 281 g/mol. The van der Waals surface area contributed by atoms with Crippen molar-refractivity contribution >= 4 is 0 Å². The molecule has 1 aliphatic carbocycles. The normalized spacial score (nSPS) is 19.2. The molecule has 0 aromatic carbocycles.